The Morgan fingerprint density at radius 1 is 0.614 bits per heavy atom. The van der Waals surface area contributed by atoms with Gasteiger partial charge in [-0.1, -0.05) is 67.3 Å². The number of nitrogens with one attached hydrogen (secondary N) is 4. The van der Waals surface area contributed by atoms with Gasteiger partial charge in [0.1, 0.15) is 17.1 Å². The summed E-state index contributed by atoms with van der Waals surface area (Å²) in [4.78, 5) is 49.4. The highest BCUT2D eigenvalue weighted by Gasteiger charge is 2.17. The van der Waals surface area contributed by atoms with Gasteiger partial charge >= 0.3 is 0 Å². The van der Waals surface area contributed by atoms with E-state index in [-0.39, 0.29) is 23.6 Å². The Morgan fingerprint density at radius 3 is 1.55 bits per heavy atom. The van der Waals surface area contributed by atoms with Crippen LogP contribution in [0.15, 0.2) is 42.9 Å². The van der Waals surface area contributed by atoms with Gasteiger partial charge in [0.15, 0.2) is 0 Å². The van der Waals surface area contributed by atoms with Crippen molar-refractivity contribution in [1.82, 2.24) is 24.3 Å². The SMILES string of the molecule is Cn1cc(NC(=O)c2cc(NC(=O)c3cccn3C)cn2C)cc1C(=O)NCCCCCCCCCCCCNC(=O)CBr. The number of alkyl halides is 1. The van der Waals surface area contributed by atoms with Crippen LogP contribution >= 0.6 is 15.9 Å². The number of hydrogen-bond acceptors (Lipinski definition) is 4. The first-order chi connectivity index (χ1) is 21.2. The Bertz CT molecular complexity index is 1390. The van der Waals surface area contributed by atoms with E-state index in [0.29, 0.717) is 40.3 Å². The maximum Gasteiger partial charge on any atom is 0.272 e. The molecule has 0 atom stereocenters. The number of unbranched alkanes of at least 4 members (excludes halogenated alkanes) is 9. The normalized spacial score (nSPS) is 10.9. The molecule has 12 heteroatoms. The van der Waals surface area contributed by atoms with Crippen LogP contribution in [0.5, 0.6) is 0 Å². The fourth-order valence-corrected chi connectivity index (χ4v) is 5.23. The lowest BCUT2D eigenvalue weighted by molar-refractivity contribution is -0.118. The molecule has 3 heterocycles. The summed E-state index contributed by atoms with van der Waals surface area (Å²) >= 11 is 3.14. The van der Waals surface area contributed by atoms with Crippen LogP contribution in [-0.2, 0) is 25.9 Å². The van der Waals surface area contributed by atoms with E-state index < -0.39 is 0 Å². The largest absolute Gasteiger partial charge is 0.355 e. The van der Waals surface area contributed by atoms with E-state index in [0.717, 1.165) is 38.6 Å². The molecule has 0 aromatic carbocycles. The summed E-state index contributed by atoms with van der Waals surface area (Å²) < 4.78 is 5.06. The van der Waals surface area contributed by atoms with Crippen molar-refractivity contribution in [3.05, 3.63) is 59.9 Å². The summed E-state index contributed by atoms with van der Waals surface area (Å²) in [6.45, 7) is 1.37. The van der Waals surface area contributed by atoms with Crippen LogP contribution in [0.25, 0.3) is 0 Å². The van der Waals surface area contributed by atoms with Crippen molar-refractivity contribution in [2.45, 2.75) is 64.2 Å². The molecule has 4 N–H and O–H groups in total. The number of carbonyl (C=O) groups is 4. The van der Waals surface area contributed by atoms with E-state index >= 15 is 0 Å². The fourth-order valence-electron chi connectivity index (χ4n) is 5.04. The van der Waals surface area contributed by atoms with Crippen LogP contribution in [0, 0.1) is 0 Å². The summed E-state index contributed by atoms with van der Waals surface area (Å²) in [6, 6.07) is 6.79. The average molecular weight is 673 g/mol. The Morgan fingerprint density at radius 2 is 1.07 bits per heavy atom. The molecule has 0 bridgehead atoms. The van der Waals surface area contributed by atoms with Crippen molar-refractivity contribution in [1.29, 1.82) is 0 Å². The number of halogens is 1. The monoisotopic (exact) mass is 671 g/mol. The highest BCUT2D eigenvalue weighted by molar-refractivity contribution is 9.09. The zero-order valence-electron chi connectivity index (χ0n) is 26.1. The summed E-state index contributed by atoms with van der Waals surface area (Å²) in [6.07, 6.45) is 16.7. The number of aryl methyl sites for hydroxylation is 3. The van der Waals surface area contributed by atoms with Crippen molar-refractivity contribution in [3.8, 4) is 0 Å². The molecule has 3 aromatic rings. The van der Waals surface area contributed by atoms with Crippen molar-refractivity contribution < 1.29 is 19.2 Å². The minimum atomic E-state index is -0.347. The van der Waals surface area contributed by atoms with E-state index in [9.17, 15) is 19.2 Å². The van der Waals surface area contributed by atoms with Crippen LogP contribution < -0.4 is 21.3 Å². The summed E-state index contributed by atoms with van der Waals surface area (Å²) in [7, 11) is 5.30. The molecule has 240 valence electrons. The summed E-state index contributed by atoms with van der Waals surface area (Å²) in [5.41, 5.74) is 2.37. The van der Waals surface area contributed by atoms with Gasteiger partial charge < -0.3 is 35.0 Å². The Kier molecular flexibility index (Phi) is 14.3. The van der Waals surface area contributed by atoms with Crippen LogP contribution in [0.3, 0.4) is 0 Å². The smallest absolute Gasteiger partial charge is 0.272 e. The van der Waals surface area contributed by atoms with E-state index in [1.165, 1.54) is 32.1 Å². The number of carbonyl (C=O) groups excluding carboxylic acids is 4. The van der Waals surface area contributed by atoms with Crippen LogP contribution in [-0.4, -0.2) is 55.7 Å². The van der Waals surface area contributed by atoms with Crippen molar-refractivity contribution >= 4 is 50.9 Å². The maximum absolute atomic E-state index is 13.0. The topological polar surface area (TPSA) is 131 Å². The molecule has 0 aliphatic rings. The number of anilines is 2. The lowest BCUT2D eigenvalue weighted by Gasteiger charge is -2.06. The van der Waals surface area contributed by atoms with Crippen molar-refractivity contribution in [3.63, 3.8) is 0 Å². The number of amides is 4. The molecule has 0 aliphatic carbocycles. The molecule has 0 unspecified atom stereocenters. The van der Waals surface area contributed by atoms with Gasteiger partial charge in [-0.05, 0) is 37.1 Å². The van der Waals surface area contributed by atoms with Gasteiger partial charge in [0.25, 0.3) is 17.7 Å². The molecule has 0 radical (unpaired) electrons. The summed E-state index contributed by atoms with van der Waals surface area (Å²) in [5, 5.41) is 11.9. The van der Waals surface area contributed by atoms with Gasteiger partial charge in [-0.3, -0.25) is 19.2 Å². The van der Waals surface area contributed by atoms with Gasteiger partial charge in [-0.15, -0.1) is 0 Å². The third-order valence-corrected chi connectivity index (χ3v) is 8.01. The highest BCUT2D eigenvalue weighted by Crippen LogP contribution is 2.18. The molecule has 3 rings (SSSR count). The summed E-state index contributed by atoms with van der Waals surface area (Å²) in [5.74, 6) is -0.737. The lowest BCUT2D eigenvalue weighted by Crippen LogP contribution is -2.26. The van der Waals surface area contributed by atoms with Crippen molar-refractivity contribution in [2.75, 3.05) is 29.1 Å². The fraction of sp³-hybridized carbons (Fsp3) is 0.500. The second kappa shape index (κ2) is 18.1. The predicted molar refractivity (Wildman–Crippen MR) is 177 cm³/mol. The standard InChI is InChI=1S/C32H46BrN7O4/c1-38-18-14-15-26(38)31(43)36-25-20-28(40(3)23-25)32(44)37-24-19-27(39(2)22-24)30(42)35-17-13-11-9-7-5-4-6-8-10-12-16-34-29(41)21-33/h14-15,18-20,22-23H,4-13,16-17,21H2,1-3H3,(H,34,41)(H,35,42)(H,36,43)(H,37,44). The van der Waals surface area contributed by atoms with E-state index in [2.05, 4.69) is 37.2 Å². The van der Waals surface area contributed by atoms with Gasteiger partial charge in [0.05, 0.1) is 16.7 Å². The van der Waals surface area contributed by atoms with E-state index in [1.54, 1.807) is 77.7 Å². The molecule has 3 aromatic heterocycles. The minimum Gasteiger partial charge on any atom is -0.355 e. The van der Waals surface area contributed by atoms with Gasteiger partial charge in [-0.25, -0.2) is 0 Å². The molecule has 0 saturated carbocycles. The number of aromatic nitrogens is 3. The second-order valence-corrected chi connectivity index (χ2v) is 11.7. The van der Waals surface area contributed by atoms with Crippen molar-refractivity contribution in [2.24, 2.45) is 21.1 Å². The molecular weight excluding hydrogens is 626 g/mol. The van der Waals surface area contributed by atoms with Gasteiger partial charge in [0.2, 0.25) is 5.91 Å². The molecule has 11 nitrogen and oxygen atoms in total. The molecule has 4 amide bonds. The second-order valence-electron chi connectivity index (χ2n) is 11.1. The first-order valence-corrected chi connectivity index (χ1v) is 16.5. The third-order valence-electron chi connectivity index (χ3n) is 7.50. The number of hydrogen-bond donors (Lipinski definition) is 4. The lowest BCUT2D eigenvalue weighted by atomic mass is 10.1. The Hall–Kier alpha value is -3.80. The molecule has 0 saturated heterocycles. The predicted octanol–water partition coefficient (Wildman–Crippen LogP) is 5.35. The minimum absolute atomic E-state index is 0.0484. The molecule has 44 heavy (non-hydrogen) atoms. The zero-order chi connectivity index (χ0) is 31.9. The quantitative estimate of drug-likeness (QED) is 0.101. The zero-order valence-corrected chi connectivity index (χ0v) is 27.7. The van der Waals surface area contributed by atoms with Gasteiger partial charge in [0, 0.05) is 52.8 Å². The van der Waals surface area contributed by atoms with E-state index in [1.807, 2.05) is 0 Å². The van der Waals surface area contributed by atoms with Crippen LogP contribution in [0.4, 0.5) is 11.4 Å². The third kappa shape index (κ3) is 11.0. The first-order valence-electron chi connectivity index (χ1n) is 15.4. The van der Waals surface area contributed by atoms with Crippen LogP contribution in [0.1, 0.15) is 95.7 Å². The maximum atomic E-state index is 13.0. The molecule has 0 aliphatic heterocycles. The average Bonchev–Trinajstić information content (AvgIpc) is 3.70. The first kappa shape index (κ1) is 34.7. The number of rotatable bonds is 19. The van der Waals surface area contributed by atoms with E-state index in [4.69, 9.17) is 0 Å². The molecule has 0 fully saturated rings. The molecular formula is C32H46BrN7O4. The van der Waals surface area contributed by atoms with Gasteiger partial charge in [-0.2, -0.15) is 0 Å². The number of nitrogens with zero attached hydrogens (tertiary/aromatic N) is 3. The molecule has 0 spiro atoms. The Labute approximate surface area is 268 Å². The highest BCUT2D eigenvalue weighted by atomic mass is 79.9. The van der Waals surface area contributed by atoms with Crippen LogP contribution in [0.2, 0.25) is 0 Å². The Balaban J connectivity index is 1.31.